The number of nitrogens with zero attached hydrogens (tertiary/aromatic N) is 3. The maximum absolute atomic E-state index is 2.48. The Balaban J connectivity index is 1.14. The van der Waals surface area contributed by atoms with E-state index in [-0.39, 0.29) is 0 Å². The molecule has 3 heteroatoms. The second-order valence-corrected chi connectivity index (χ2v) is 14.9. The predicted octanol–water partition coefficient (Wildman–Crippen LogP) is 14.3. The first-order chi connectivity index (χ1) is 28.3. The lowest BCUT2D eigenvalue weighted by Crippen LogP contribution is -1.98. The highest BCUT2D eigenvalue weighted by Crippen LogP contribution is 2.45. The van der Waals surface area contributed by atoms with Crippen molar-refractivity contribution < 1.29 is 0 Å². The molecular formula is C54H35N3. The fraction of sp³-hybridized carbons (Fsp3) is 0. The maximum Gasteiger partial charge on any atom is 0.0549 e. The average molecular weight is 726 g/mol. The van der Waals surface area contributed by atoms with Gasteiger partial charge in [-0.25, -0.2) is 0 Å². The number of hydrogen-bond donors (Lipinski definition) is 0. The Morgan fingerprint density at radius 1 is 0.246 bits per heavy atom. The van der Waals surface area contributed by atoms with Gasteiger partial charge in [-0.1, -0.05) is 146 Å². The largest absolute Gasteiger partial charge is 0.309 e. The van der Waals surface area contributed by atoms with Gasteiger partial charge < -0.3 is 13.7 Å². The standard InChI is InChI=1S/C54H35N3/c1-4-17-36(18-5-1)41-26-16-30-48-52(41)44-32-31-37(35-51(44)56(48)39-21-8-3-9-22-39)40-23-10-13-27-45(40)57-47-29-15-12-25-43(47)54-50(57)34-33-49-53(54)42-24-11-14-28-46(42)55(49)38-19-6-2-7-20-38/h1-35H. The molecule has 0 aliphatic rings. The van der Waals surface area contributed by atoms with E-state index in [9.17, 15) is 0 Å². The molecule has 0 aliphatic carbocycles. The fourth-order valence-electron chi connectivity index (χ4n) is 9.49. The van der Waals surface area contributed by atoms with Crippen molar-refractivity contribution in [2.45, 2.75) is 0 Å². The zero-order chi connectivity index (χ0) is 37.5. The molecule has 0 atom stereocenters. The third kappa shape index (κ3) is 4.66. The molecule has 0 radical (unpaired) electrons. The minimum Gasteiger partial charge on any atom is -0.309 e. The van der Waals surface area contributed by atoms with Gasteiger partial charge in [0.15, 0.2) is 0 Å². The number of aromatic nitrogens is 3. The third-order valence-electron chi connectivity index (χ3n) is 11.8. The van der Waals surface area contributed by atoms with Crippen molar-refractivity contribution in [2.75, 3.05) is 0 Å². The van der Waals surface area contributed by atoms with Gasteiger partial charge in [0.1, 0.15) is 0 Å². The second kappa shape index (κ2) is 12.5. The Hall–Kier alpha value is -7.62. The molecule has 57 heavy (non-hydrogen) atoms. The van der Waals surface area contributed by atoms with E-state index in [4.69, 9.17) is 0 Å². The summed E-state index contributed by atoms with van der Waals surface area (Å²) in [6, 6.07) is 77.3. The van der Waals surface area contributed by atoms with Crippen molar-refractivity contribution in [3.8, 4) is 39.3 Å². The van der Waals surface area contributed by atoms with E-state index in [0.29, 0.717) is 0 Å². The van der Waals surface area contributed by atoms with Crippen LogP contribution in [-0.4, -0.2) is 13.7 Å². The SMILES string of the molecule is c1ccc(-c2cccc3c2c2ccc(-c4ccccc4-n4c5ccccc5c5c6c7ccccc7n(-c7ccccc7)c6ccc54)cc2n3-c2ccccc2)cc1. The van der Waals surface area contributed by atoms with Crippen LogP contribution in [0.15, 0.2) is 212 Å². The first kappa shape index (κ1) is 31.7. The van der Waals surface area contributed by atoms with Gasteiger partial charge >= 0.3 is 0 Å². The Bertz CT molecular complexity index is 3500. The van der Waals surface area contributed by atoms with Gasteiger partial charge in [-0.05, 0) is 83.4 Å². The molecule has 0 aliphatic heterocycles. The molecule has 0 saturated heterocycles. The van der Waals surface area contributed by atoms with Crippen LogP contribution < -0.4 is 0 Å². The fourth-order valence-corrected chi connectivity index (χ4v) is 9.49. The van der Waals surface area contributed by atoms with Gasteiger partial charge in [-0.3, -0.25) is 0 Å². The van der Waals surface area contributed by atoms with E-state index in [0.717, 1.165) is 17.1 Å². The highest BCUT2D eigenvalue weighted by Gasteiger charge is 2.22. The summed E-state index contributed by atoms with van der Waals surface area (Å²) in [5.41, 5.74) is 15.5. The predicted molar refractivity (Wildman–Crippen MR) is 240 cm³/mol. The molecule has 3 nitrogen and oxygen atoms in total. The van der Waals surface area contributed by atoms with E-state index in [1.165, 1.54) is 87.7 Å². The van der Waals surface area contributed by atoms with Crippen LogP contribution in [0.3, 0.4) is 0 Å². The number of benzene rings is 9. The molecule has 0 amide bonds. The van der Waals surface area contributed by atoms with Crippen molar-refractivity contribution in [1.29, 1.82) is 0 Å². The minimum atomic E-state index is 1.15. The molecule has 12 rings (SSSR count). The maximum atomic E-state index is 2.48. The molecule has 3 heterocycles. The first-order valence-corrected chi connectivity index (χ1v) is 19.6. The van der Waals surface area contributed by atoms with E-state index < -0.39 is 0 Å². The Morgan fingerprint density at radius 3 is 1.40 bits per heavy atom. The van der Waals surface area contributed by atoms with Gasteiger partial charge in [-0.2, -0.15) is 0 Å². The second-order valence-electron chi connectivity index (χ2n) is 14.9. The molecule has 3 aromatic heterocycles. The topological polar surface area (TPSA) is 14.8 Å². The smallest absolute Gasteiger partial charge is 0.0549 e. The van der Waals surface area contributed by atoms with Crippen molar-refractivity contribution in [3.05, 3.63) is 212 Å². The van der Waals surface area contributed by atoms with Crippen LogP contribution in [0.2, 0.25) is 0 Å². The lowest BCUT2D eigenvalue weighted by molar-refractivity contribution is 1.17. The zero-order valence-electron chi connectivity index (χ0n) is 31.0. The number of para-hydroxylation sites is 5. The molecule has 0 spiro atoms. The van der Waals surface area contributed by atoms with Gasteiger partial charge in [0.2, 0.25) is 0 Å². The molecular weight excluding hydrogens is 691 g/mol. The Labute approximate surface area is 329 Å². The summed E-state index contributed by atoms with van der Waals surface area (Å²) < 4.78 is 7.33. The quantitative estimate of drug-likeness (QED) is 0.168. The van der Waals surface area contributed by atoms with Crippen LogP contribution in [0.5, 0.6) is 0 Å². The summed E-state index contributed by atoms with van der Waals surface area (Å²) in [5.74, 6) is 0. The molecule has 0 unspecified atom stereocenters. The Kier molecular flexibility index (Phi) is 6.93. The minimum absolute atomic E-state index is 1.15. The molecule has 0 N–H and O–H groups in total. The highest BCUT2D eigenvalue weighted by molar-refractivity contribution is 6.29. The lowest BCUT2D eigenvalue weighted by Gasteiger charge is -2.15. The molecule has 12 aromatic rings. The molecule has 0 saturated carbocycles. The van der Waals surface area contributed by atoms with E-state index >= 15 is 0 Å². The van der Waals surface area contributed by atoms with Crippen LogP contribution in [0.1, 0.15) is 0 Å². The first-order valence-electron chi connectivity index (χ1n) is 19.6. The number of hydrogen-bond acceptors (Lipinski definition) is 0. The zero-order valence-corrected chi connectivity index (χ0v) is 31.0. The summed E-state index contributed by atoms with van der Waals surface area (Å²) in [6.45, 7) is 0. The van der Waals surface area contributed by atoms with Crippen LogP contribution >= 0.6 is 0 Å². The molecule has 0 bridgehead atoms. The molecule has 266 valence electrons. The number of fused-ring (bicyclic) bond motifs is 10. The van der Waals surface area contributed by atoms with Crippen LogP contribution in [0.4, 0.5) is 0 Å². The monoisotopic (exact) mass is 725 g/mol. The van der Waals surface area contributed by atoms with E-state index in [1.807, 2.05) is 0 Å². The summed E-state index contributed by atoms with van der Waals surface area (Å²) in [4.78, 5) is 0. The van der Waals surface area contributed by atoms with Gasteiger partial charge in [0, 0.05) is 49.3 Å². The normalized spacial score (nSPS) is 11.9. The summed E-state index contributed by atoms with van der Waals surface area (Å²) in [5, 5.41) is 7.57. The van der Waals surface area contributed by atoms with Gasteiger partial charge in [-0.15, -0.1) is 0 Å². The number of rotatable bonds is 5. The van der Waals surface area contributed by atoms with Crippen molar-refractivity contribution in [2.24, 2.45) is 0 Å². The van der Waals surface area contributed by atoms with Crippen LogP contribution in [-0.2, 0) is 0 Å². The Morgan fingerprint density at radius 2 is 0.719 bits per heavy atom. The summed E-state index contributed by atoms with van der Waals surface area (Å²) >= 11 is 0. The highest BCUT2D eigenvalue weighted by atomic mass is 15.0. The van der Waals surface area contributed by atoms with Gasteiger partial charge in [0.25, 0.3) is 0 Å². The molecule has 9 aromatic carbocycles. The van der Waals surface area contributed by atoms with Crippen LogP contribution in [0.25, 0.3) is 105 Å². The van der Waals surface area contributed by atoms with Gasteiger partial charge in [0.05, 0.1) is 38.8 Å². The average Bonchev–Trinajstić information content (AvgIpc) is 3.92. The van der Waals surface area contributed by atoms with Crippen molar-refractivity contribution in [1.82, 2.24) is 13.7 Å². The molecule has 0 fully saturated rings. The lowest BCUT2D eigenvalue weighted by atomic mass is 9.97. The van der Waals surface area contributed by atoms with Crippen molar-refractivity contribution >= 4 is 65.4 Å². The van der Waals surface area contributed by atoms with Crippen LogP contribution in [0, 0.1) is 0 Å². The van der Waals surface area contributed by atoms with E-state index in [1.54, 1.807) is 0 Å². The summed E-state index contributed by atoms with van der Waals surface area (Å²) in [6.07, 6.45) is 0. The van der Waals surface area contributed by atoms with Crippen molar-refractivity contribution in [3.63, 3.8) is 0 Å². The third-order valence-corrected chi connectivity index (χ3v) is 11.8. The van der Waals surface area contributed by atoms with E-state index in [2.05, 4.69) is 226 Å². The summed E-state index contributed by atoms with van der Waals surface area (Å²) in [7, 11) is 0.